The predicted octanol–water partition coefficient (Wildman–Crippen LogP) is 4.59. The number of alkyl halides is 3. The highest BCUT2D eigenvalue weighted by Crippen LogP contribution is 2.35. The van der Waals surface area contributed by atoms with E-state index in [2.05, 4.69) is 49.1 Å². The minimum absolute atomic E-state index is 0.105. The molecule has 11 heteroatoms. The lowest BCUT2D eigenvalue weighted by atomic mass is 10.0. The van der Waals surface area contributed by atoms with Crippen LogP contribution in [0, 0.1) is 12.7 Å². The number of aryl methyl sites for hydroxylation is 1. The predicted molar refractivity (Wildman–Crippen MR) is 122 cm³/mol. The summed E-state index contributed by atoms with van der Waals surface area (Å²) in [5.41, 5.74) is -1.04. The maximum Gasteiger partial charge on any atom is 0.419 e. The van der Waals surface area contributed by atoms with Crippen LogP contribution in [0.5, 0.6) is 0 Å². The van der Waals surface area contributed by atoms with Gasteiger partial charge in [-0.3, -0.25) is 4.90 Å². The maximum atomic E-state index is 14.7. The van der Waals surface area contributed by atoms with Crippen molar-refractivity contribution in [1.29, 1.82) is 0 Å². The summed E-state index contributed by atoms with van der Waals surface area (Å²) in [6.07, 6.45) is -4.78. The van der Waals surface area contributed by atoms with E-state index < -0.39 is 23.6 Å². The van der Waals surface area contributed by atoms with E-state index in [1.165, 1.54) is 12.1 Å². The van der Waals surface area contributed by atoms with E-state index in [0.29, 0.717) is 34.5 Å². The number of aromatic nitrogens is 4. The molecule has 0 spiro atoms. The van der Waals surface area contributed by atoms with Gasteiger partial charge < -0.3 is 10.2 Å². The van der Waals surface area contributed by atoms with Crippen molar-refractivity contribution in [3.63, 3.8) is 0 Å². The normalized spacial score (nSPS) is 16.3. The molecule has 34 heavy (non-hydrogen) atoms. The second-order valence-corrected chi connectivity index (χ2v) is 8.75. The fourth-order valence-corrected chi connectivity index (χ4v) is 4.15. The zero-order chi connectivity index (χ0) is 24.6. The number of benzene rings is 1. The molecule has 4 rings (SSSR count). The molecule has 1 N–H and O–H groups in total. The van der Waals surface area contributed by atoms with Crippen molar-refractivity contribution >= 4 is 22.7 Å². The Morgan fingerprint density at radius 1 is 1.00 bits per heavy atom. The molecule has 3 aromatic rings. The number of rotatable bonds is 5. The zero-order valence-electron chi connectivity index (χ0n) is 19.5. The van der Waals surface area contributed by atoms with Crippen LogP contribution in [0.25, 0.3) is 11.0 Å². The molecule has 0 unspecified atom stereocenters. The van der Waals surface area contributed by atoms with Crippen molar-refractivity contribution in [3.8, 4) is 0 Å². The summed E-state index contributed by atoms with van der Waals surface area (Å²) in [6.45, 7) is 11.0. The number of nitrogens with one attached hydrogen (secondary N) is 1. The van der Waals surface area contributed by atoms with E-state index in [9.17, 15) is 17.6 Å². The third kappa shape index (κ3) is 4.89. The Labute approximate surface area is 195 Å². The topological polar surface area (TPSA) is 70.1 Å². The minimum atomic E-state index is -4.78. The first-order valence-electron chi connectivity index (χ1n) is 11.2. The second kappa shape index (κ2) is 9.28. The standard InChI is InChI=1S/C23H27F4N7/c1-13(2)33-8-10-34(11-9-33)19-12-17-21(29-15(4)30-22(17)32-31-19)28-14(3)16-6-5-7-18(20(16)24)23(25,26)27/h5-7,12-14H,8-11H2,1-4H3,(H,28,29,30,32)/t14-/m1/s1. The third-order valence-corrected chi connectivity index (χ3v) is 6.08. The summed E-state index contributed by atoms with van der Waals surface area (Å²) in [6, 6.07) is 4.77. The molecule has 3 heterocycles. The summed E-state index contributed by atoms with van der Waals surface area (Å²) in [5, 5.41) is 12.2. The number of piperazine rings is 1. The monoisotopic (exact) mass is 477 g/mol. The fraction of sp³-hybridized carbons (Fsp3) is 0.478. The highest BCUT2D eigenvalue weighted by Gasteiger charge is 2.35. The van der Waals surface area contributed by atoms with E-state index in [1.807, 2.05) is 6.07 Å². The molecule has 0 radical (unpaired) electrons. The fourth-order valence-electron chi connectivity index (χ4n) is 4.15. The number of anilines is 2. The smallest absolute Gasteiger partial charge is 0.363 e. The Kier molecular flexibility index (Phi) is 6.57. The first kappa shape index (κ1) is 24.1. The van der Waals surface area contributed by atoms with Crippen molar-refractivity contribution in [2.24, 2.45) is 0 Å². The number of hydrogen-bond donors (Lipinski definition) is 1. The van der Waals surface area contributed by atoms with Gasteiger partial charge in [0.2, 0.25) is 0 Å². The molecule has 1 aliphatic heterocycles. The van der Waals surface area contributed by atoms with E-state index in [0.717, 1.165) is 32.2 Å². The average Bonchev–Trinajstić information content (AvgIpc) is 2.78. The van der Waals surface area contributed by atoms with Gasteiger partial charge in [0.25, 0.3) is 0 Å². The van der Waals surface area contributed by atoms with E-state index in [4.69, 9.17) is 0 Å². The second-order valence-electron chi connectivity index (χ2n) is 8.75. The molecule has 1 aliphatic rings. The molecule has 1 saturated heterocycles. The molecular formula is C23H27F4N7. The molecular weight excluding hydrogens is 450 g/mol. The van der Waals surface area contributed by atoms with Gasteiger partial charge in [-0.25, -0.2) is 14.4 Å². The van der Waals surface area contributed by atoms with Crippen LogP contribution in [0.1, 0.15) is 43.8 Å². The van der Waals surface area contributed by atoms with Gasteiger partial charge in [0.05, 0.1) is 17.0 Å². The number of fused-ring (bicyclic) bond motifs is 1. The largest absolute Gasteiger partial charge is 0.419 e. The van der Waals surface area contributed by atoms with Crippen molar-refractivity contribution in [2.75, 3.05) is 36.4 Å². The lowest BCUT2D eigenvalue weighted by molar-refractivity contribution is -0.140. The van der Waals surface area contributed by atoms with Crippen LogP contribution in [-0.2, 0) is 6.18 Å². The van der Waals surface area contributed by atoms with Crippen LogP contribution in [0.4, 0.5) is 29.2 Å². The van der Waals surface area contributed by atoms with Crippen LogP contribution >= 0.6 is 0 Å². The quantitative estimate of drug-likeness (QED) is 0.539. The van der Waals surface area contributed by atoms with E-state index >= 15 is 0 Å². The van der Waals surface area contributed by atoms with Crippen molar-refractivity contribution < 1.29 is 17.6 Å². The lowest BCUT2D eigenvalue weighted by Crippen LogP contribution is -2.49. The van der Waals surface area contributed by atoms with Crippen LogP contribution in [-0.4, -0.2) is 57.3 Å². The molecule has 7 nitrogen and oxygen atoms in total. The van der Waals surface area contributed by atoms with Crippen molar-refractivity contribution in [3.05, 3.63) is 47.0 Å². The molecule has 1 fully saturated rings. The molecule has 1 atom stereocenters. The summed E-state index contributed by atoms with van der Waals surface area (Å²) in [5.74, 6) is 0.154. The lowest BCUT2D eigenvalue weighted by Gasteiger charge is -2.37. The minimum Gasteiger partial charge on any atom is -0.363 e. The van der Waals surface area contributed by atoms with Gasteiger partial charge in [0, 0.05) is 37.8 Å². The highest BCUT2D eigenvalue weighted by atomic mass is 19.4. The first-order valence-corrected chi connectivity index (χ1v) is 11.2. The Hall–Kier alpha value is -3.08. The maximum absolute atomic E-state index is 14.7. The molecule has 1 aromatic carbocycles. The van der Waals surface area contributed by atoms with Gasteiger partial charge in [0.15, 0.2) is 11.5 Å². The Balaban J connectivity index is 1.65. The summed E-state index contributed by atoms with van der Waals surface area (Å²) in [4.78, 5) is 13.3. The van der Waals surface area contributed by atoms with Crippen molar-refractivity contribution in [2.45, 2.75) is 46.0 Å². The van der Waals surface area contributed by atoms with Gasteiger partial charge in [-0.05, 0) is 39.8 Å². The van der Waals surface area contributed by atoms with Gasteiger partial charge in [-0.1, -0.05) is 12.1 Å². The van der Waals surface area contributed by atoms with Gasteiger partial charge in [-0.15, -0.1) is 10.2 Å². The highest BCUT2D eigenvalue weighted by molar-refractivity contribution is 5.88. The summed E-state index contributed by atoms with van der Waals surface area (Å²) < 4.78 is 54.2. The van der Waals surface area contributed by atoms with Crippen LogP contribution in [0.15, 0.2) is 24.3 Å². The molecule has 0 aliphatic carbocycles. The Bertz CT molecular complexity index is 1170. The number of nitrogens with zero attached hydrogens (tertiary/aromatic N) is 6. The van der Waals surface area contributed by atoms with Gasteiger partial charge >= 0.3 is 6.18 Å². The third-order valence-electron chi connectivity index (χ3n) is 6.08. The number of halogens is 4. The molecule has 0 saturated carbocycles. The van der Waals surface area contributed by atoms with Crippen LogP contribution < -0.4 is 10.2 Å². The van der Waals surface area contributed by atoms with Crippen molar-refractivity contribution in [1.82, 2.24) is 25.1 Å². The van der Waals surface area contributed by atoms with E-state index in [1.54, 1.807) is 13.8 Å². The van der Waals surface area contributed by atoms with Gasteiger partial charge in [0.1, 0.15) is 17.5 Å². The molecule has 0 bridgehead atoms. The zero-order valence-corrected chi connectivity index (χ0v) is 19.5. The van der Waals surface area contributed by atoms with E-state index in [-0.39, 0.29) is 5.56 Å². The number of hydrogen-bond acceptors (Lipinski definition) is 7. The van der Waals surface area contributed by atoms with Crippen LogP contribution in [0.3, 0.4) is 0 Å². The SMILES string of the molecule is Cc1nc(N[C@H](C)c2cccc(C(F)(F)F)c2F)c2cc(N3CCN(C(C)C)CC3)nnc2n1. The Morgan fingerprint density at radius 2 is 1.71 bits per heavy atom. The van der Waals surface area contributed by atoms with Gasteiger partial charge in [-0.2, -0.15) is 13.2 Å². The summed E-state index contributed by atoms with van der Waals surface area (Å²) in [7, 11) is 0. The molecule has 182 valence electrons. The average molecular weight is 478 g/mol. The molecule has 2 aromatic heterocycles. The van der Waals surface area contributed by atoms with Crippen LogP contribution in [0.2, 0.25) is 0 Å². The molecule has 0 amide bonds. The summed E-state index contributed by atoms with van der Waals surface area (Å²) >= 11 is 0. The Morgan fingerprint density at radius 3 is 2.35 bits per heavy atom. The first-order chi connectivity index (χ1) is 16.0.